The minimum atomic E-state index is 0.584. The fourth-order valence-corrected chi connectivity index (χ4v) is 7.09. The molecule has 56 heavy (non-hydrogen) atoms. The van der Waals surface area contributed by atoms with Crippen LogP contribution >= 0.6 is 0 Å². The lowest BCUT2D eigenvalue weighted by molar-refractivity contribution is 0.310. The fraction of sp³-hybridized carbons (Fsp3) is 0.356. The van der Waals surface area contributed by atoms with Crippen LogP contribution in [0.1, 0.15) is 25.8 Å². The minimum absolute atomic E-state index is 0.584. The Hall–Kier alpha value is -5.81. The second-order valence-corrected chi connectivity index (χ2v) is 14.7. The lowest BCUT2D eigenvalue weighted by Gasteiger charge is -2.39. The lowest BCUT2D eigenvalue weighted by Crippen LogP contribution is -2.45. The van der Waals surface area contributed by atoms with Crippen molar-refractivity contribution in [2.45, 2.75) is 27.2 Å². The number of hydrogen-bond donors (Lipinski definition) is 3. The molecule has 0 unspecified atom stereocenters. The Kier molecular flexibility index (Phi) is 13.6. The quantitative estimate of drug-likeness (QED) is 0.129. The van der Waals surface area contributed by atoms with Crippen LogP contribution in [-0.4, -0.2) is 92.9 Å². The molecule has 2 aromatic heterocycles. The molecule has 0 spiro atoms. The van der Waals surface area contributed by atoms with Crippen molar-refractivity contribution in [2.24, 2.45) is 5.92 Å². The molecule has 3 aromatic carbocycles. The highest BCUT2D eigenvalue weighted by atomic mass is 16.5. The van der Waals surface area contributed by atoms with Gasteiger partial charge in [0.2, 0.25) is 11.8 Å². The number of benzene rings is 3. The number of ether oxygens (including phenoxy) is 1. The first kappa shape index (κ1) is 39.9. The van der Waals surface area contributed by atoms with Gasteiger partial charge in [-0.2, -0.15) is 0 Å². The van der Waals surface area contributed by atoms with Crippen LogP contribution in [0.25, 0.3) is 22.0 Å². The van der Waals surface area contributed by atoms with Gasteiger partial charge in [-0.3, -0.25) is 0 Å². The van der Waals surface area contributed by atoms with E-state index in [0.29, 0.717) is 18.4 Å². The first-order valence-electron chi connectivity index (χ1n) is 19.7. The molecule has 11 nitrogen and oxygen atoms in total. The van der Waals surface area contributed by atoms with Crippen LogP contribution in [0, 0.1) is 12.8 Å². The molecule has 5 aromatic rings. The summed E-state index contributed by atoms with van der Waals surface area (Å²) in [6, 6.07) is 23.7. The van der Waals surface area contributed by atoms with Crippen LogP contribution in [0.4, 0.5) is 34.4 Å². The molecule has 3 N–H and O–H groups in total. The molecule has 3 aliphatic rings. The van der Waals surface area contributed by atoms with Crippen LogP contribution < -0.4 is 35.4 Å². The fourth-order valence-electron chi connectivity index (χ4n) is 7.09. The molecule has 11 heteroatoms. The Balaban J connectivity index is 0.000000194. The predicted octanol–water partition coefficient (Wildman–Crippen LogP) is 8.15. The topological polar surface area (TPSA) is 97.0 Å². The minimum Gasteiger partial charge on any atom is -0.474 e. The molecule has 0 aliphatic carbocycles. The van der Waals surface area contributed by atoms with Gasteiger partial charge in [0, 0.05) is 105 Å². The van der Waals surface area contributed by atoms with E-state index in [4.69, 9.17) is 9.72 Å². The van der Waals surface area contributed by atoms with Gasteiger partial charge in [0.1, 0.15) is 12.3 Å². The highest BCUT2D eigenvalue weighted by molar-refractivity contribution is 5.86. The van der Waals surface area contributed by atoms with Crippen LogP contribution in [0.2, 0.25) is 0 Å². The second-order valence-electron chi connectivity index (χ2n) is 14.7. The number of anilines is 6. The number of fused-ring (bicyclic) bond motifs is 2. The Labute approximate surface area is 333 Å². The number of nitrogens with one attached hydrogen (secondary N) is 3. The lowest BCUT2D eigenvalue weighted by atomic mass is 10.00. The Morgan fingerprint density at radius 1 is 0.911 bits per heavy atom. The second kappa shape index (κ2) is 19.2. The van der Waals surface area contributed by atoms with Gasteiger partial charge in [-0.15, -0.1) is 0 Å². The molecular weight excluding hydrogens is 697 g/mol. The number of hydrogen-bond acceptors (Lipinski definition) is 11. The maximum absolute atomic E-state index is 5.67. The van der Waals surface area contributed by atoms with Crippen LogP contribution in [0.15, 0.2) is 105 Å². The molecular formula is C45H58N10O. The summed E-state index contributed by atoms with van der Waals surface area (Å²) in [5.74, 6) is 2.04. The van der Waals surface area contributed by atoms with Gasteiger partial charge in [0.15, 0.2) is 0 Å². The number of piperazine rings is 1. The number of aromatic nitrogens is 3. The van der Waals surface area contributed by atoms with E-state index >= 15 is 0 Å². The van der Waals surface area contributed by atoms with Crippen molar-refractivity contribution in [3.05, 3.63) is 110 Å². The van der Waals surface area contributed by atoms with Crippen LogP contribution in [-0.2, 0) is 0 Å². The first-order chi connectivity index (χ1) is 27.3. The molecule has 0 amide bonds. The Morgan fingerprint density at radius 3 is 2.27 bits per heavy atom. The van der Waals surface area contributed by atoms with Crippen molar-refractivity contribution in [1.82, 2.24) is 25.2 Å². The standard InChI is InChI=1S/C26H26N6O.C15H25N3.C4H7N/c1-16-14-32(15-16)21-7-5-20(6-8-21)30-26-29-12-19-4-3-18(11-23(19)31-26)22-13-28-25-24(17(22)2)27-9-10-33-25;1-4-9-17(3)14-5-7-15(8-6-14)18-12-10-16(2)11-13-18;1-3-5-4-2/h3-8,11-13,16,27H,9-10,14-15H2,1-2H3,(H,29,30,31);5-8H,4,9-13H2,1-3H3;3-5H,1-2H2. The van der Waals surface area contributed by atoms with Gasteiger partial charge in [-0.05, 0) is 104 Å². The van der Waals surface area contributed by atoms with Gasteiger partial charge in [0.05, 0.1) is 5.52 Å². The predicted molar refractivity (Wildman–Crippen MR) is 236 cm³/mol. The summed E-state index contributed by atoms with van der Waals surface area (Å²) in [6.45, 7) is 22.7. The van der Waals surface area contributed by atoms with Crippen molar-refractivity contribution < 1.29 is 4.74 Å². The largest absolute Gasteiger partial charge is 0.474 e. The number of rotatable bonds is 10. The third-order valence-electron chi connectivity index (χ3n) is 10.3. The van der Waals surface area contributed by atoms with E-state index in [9.17, 15) is 0 Å². The van der Waals surface area contributed by atoms with Gasteiger partial charge in [0.25, 0.3) is 0 Å². The van der Waals surface area contributed by atoms with Gasteiger partial charge in [-0.25, -0.2) is 15.0 Å². The van der Waals surface area contributed by atoms with Crippen LogP contribution in [0.5, 0.6) is 5.88 Å². The summed E-state index contributed by atoms with van der Waals surface area (Å²) in [4.78, 5) is 23.4. The van der Waals surface area contributed by atoms with E-state index in [1.165, 1.54) is 23.5 Å². The summed E-state index contributed by atoms with van der Waals surface area (Å²) >= 11 is 0. The molecule has 0 saturated carbocycles. The molecule has 2 saturated heterocycles. The summed E-state index contributed by atoms with van der Waals surface area (Å²) < 4.78 is 5.67. The summed E-state index contributed by atoms with van der Waals surface area (Å²) in [6.07, 6.45) is 8.05. The van der Waals surface area contributed by atoms with Crippen molar-refractivity contribution in [2.75, 3.05) is 98.4 Å². The SMILES string of the molecule is C=CNC=C.CCCN(C)c1ccc(N2CCN(C)CC2)cc1.Cc1c(-c2ccc3cnc(Nc4ccc(N5CC(C)C5)cc4)nc3c2)cnc2c1NCCO2. The molecule has 8 rings (SSSR count). The zero-order valence-electron chi connectivity index (χ0n) is 33.8. The van der Waals surface area contributed by atoms with Crippen LogP contribution in [0.3, 0.4) is 0 Å². The van der Waals surface area contributed by atoms with Crippen molar-refractivity contribution in [1.29, 1.82) is 0 Å². The number of likely N-dealkylation sites (N-methyl/N-ethyl adjacent to an activating group) is 1. The first-order valence-corrected chi connectivity index (χ1v) is 19.7. The van der Waals surface area contributed by atoms with E-state index in [-0.39, 0.29) is 0 Å². The maximum Gasteiger partial charge on any atom is 0.237 e. The maximum atomic E-state index is 5.67. The Bertz CT molecular complexity index is 2030. The number of nitrogens with zero attached hydrogens (tertiary/aromatic N) is 7. The van der Waals surface area contributed by atoms with Crippen molar-refractivity contribution in [3.63, 3.8) is 0 Å². The summed E-state index contributed by atoms with van der Waals surface area (Å²) in [5.41, 5.74) is 10.0. The third kappa shape index (κ3) is 10.1. The normalized spacial score (nSPS) is 15.0. The third-order valence-corrected chi connectivity index (χ3v) is 10.3. The Morgan fingerprint density at radius 2 is 1.61 bits per heavy atom. The van der Waals surface area contributed by atoms with E-state index < -0.39 is 0 Å². The van der Waals surface area contributed by atoms with Crippen molar-refractivity contribution in [3.8, 4) is 17.0 Å². The smallest absolute Gasteiger partial charge is 0.237 e. The number of pyridine rings is 1. The molecule has 294 valence electrons. The highest BCUT2D eigenvalue weighted by Gasteiger charge is 2.22. The molecule has 5 heterocycles. The highest BCUT2D eigenvalue weighted by Crippen LogP contribution is 2.36. The average Bonchev–Trinajstić information content (AvgIpc) is 3.21. The van der Waals surface area contributed by atoms with E-state index in [1.54, 1.807) is 12.4 Å². The molecule has 3 aliphatic heterocycles. The monoisotopic (exact) mass is 754 g/mol. The average molecular weight is 755 g/mol. The van der Waals surface area contributed by atoms with Gasteiger partial charge in [-0.1, -0.05) is 39.1 Å². The van der Waals surface area contributed by atoms with Gasteiger partial charge < -0.3 is 40.3 Å². The zero-order chi connectivity index (χ0) is 39.4. The molecule has 0 atom stereocenters. The molecule has 2 fully saturated rings. The summed E-state index contributed by atoms with van der Waals surface area (Å²) in [7, 11) is 4.36. The van der Waals surface area contributed by atoms with Crippen molar-refractivity contribution >= 4 is 45.3 Å². The zero-order valence-corrected chi connectivity index (χ0v) is 33.8. The van der Waals surface area contributed by atoms with E-state index in [2.05, 4.69) is 160 Å². The molecule has 0 bridgehead atoms. The molecule has 0 radical (unpaired) electrons. The van der Waals surface area contributed by atoms with Gasteiger partial charge >= 0.3 is 0 Å². The van der Waals surface area contributed by atoms with E-state index in [1.807, 2.05) is 12.4 Å². The van der Waals surface area contributed by atoms with E-state index in [0.717, 1.165) is 97.2 Å². The summed E-state index contributed by atoms with van der Waals surface area (Å²) in [5, 5.41) is 10.4.